The second kappa shape index (κ2) is 13.8. The summed E-state index contributed by atoms with van der Waals surface area (Å²) in [6.45, 7) is 11.2. The van der Waals surface area contributed by atoms with Gasteiger partial charge in [0.05, 0.1) is 18.6 Å². The van der Waals surface area contributed by atoms with Crippen LogP contribution in [0.3, 0.4) is 0 Å². The summed E-state index contributed by atoms with van der Waals surface area (Å²) in [5.41, 5.74) is 1.31. The Morgan fingerprint density at radius 1 is 1.21 bits per heavy atom. The third kappa shape index (κ3) is 7.44. The number of likely N-dealkylation sites (N-methyl/N-ethyl adjacent to an activating group) is 1. The quantitative estimate of drug-likeness (QED) is 0.248. The van der Waals surface area contributed by atoms with Gasteiger partial charge in [0, 0.05) is 26.7 Å². The molecule has 164 valence electrons. The number of carbonyl (C=O) groups is 1. The summed E-state index contributed by atoms with van der Waals surface area (Å²) in [7, 11) is 1.83. The number of piperidine rings is 1. The molecule has 0 saturated carbocycles. The molecule has 1 aliphatic rings. The van der Waals surface area contributed by atoms with Crippen LogP contribution in [-0.2, 0) is 9.53 Å². The Morgan fingerprint density at radius 3 is 2.34 bits per heavy atom. The summed E-state index contributed by atoms with van der Waals surface area (Å²) in [4.78, 5) is 21.2. The number of likely N-dealkylation sites (tertiary alicyclic amines) is 1. The van der Waals surface area contributed by atoms with Crippen molar-refractivity contribution < 1.29 is 9.53 Å². The number of guanidine groups is 1. The number of ether oxygens (including phenoxy) is 1. The van der Waals surface area contributed by atoms with Gasteiger partial charge in [0.15, 0.2) is 5.96 Å². The van der Waals surface area contributed by atoms with Gasteiger partial charge >= 0.3 is 5.97 Å². The molecule has 0 aromatic heterocycles. The Morgan fingerprint density at radius 2 is 1.83 bits per heavy atom. The van der Waals surface area contributed by atoms with E-state index in [0.717, 1.165) is 51.5 Å². The van der Waals surface area contributed by atoms with Gasteiger partial charge in [-0.05, 0) is 38.4 Å². The van der Waals surface area contributed by atoms with Crippen molar-refractivity contribution >= 4 is 35.9 Å². The molecular weight excluding hydrogens is 479 g/mol. The van der Waals surface area contributed by atoms with Gasteiger partial charge in [0.2, 0.25) is 0 Å². The summed E-state index contributed by atoms with van der Waals surface area (Å²) in [5, 5.41) is 3.57. The monoisotopic (exact) mass is 516 g/mol. The molecule has 0 bridgehead atoms. The van der Waals surface area contributed by atoms with E-state index in [4.69, 9.17) is 4.74 Å². The number of carbonyl (C=O) groups excluding carboxylic acids is 1. The van der Waals surface area contributed by atoms with Crippen LogP contribution in [0, 0.1) is 5.92 Å². The fourth-order valence-corrected chi connectivity index (χ4v) is 3.90. The van der Waals surface area contributed by atoms with Gasteiger partial charge in [-0.1, -0.05) is 44.2 Å². The SMILES string of the molecule is CCOC(=O)C1CCN(C(=NC)NCC(c2ccccc2)N(CC)CC)CC1.I. The van der Waals surface area contributed by atoms with Crippen molar-refractivity contribution in [2.75, 3.05) is 46.4 Å². The normalized spacial score (nSPS) is 16.3. The minimum atomic E-state index is -0.0595. The van der Waals surface area contributed by atoms with Crippen LogP contribution in [0.5, 0.6) is 0 Å². The van der Waals surface area contributed by atoms with E-state index in [0.29, 0.717) is 12.6 Å². The molecule has 6 nitrogen and oxygen atoms in total. The average Bonchev–Trinajstić information content (AvgIpc) is 2.74. The lowest BCUT2D eigenvalue weighted by molar-refractivity contribution is -0.149. The Labute approximate surface area is 193 Å². The molecule has 29 heavy (non-hydrogen) atoms. The predicted octanol–water partition coefficient (Wildman–Crippen LogP) is 3.54. The molecule has 0 aliphatic carbocycles. The summed E-state index contributed by atoms with van der Waals surface area (Å²) in [6.07, 6.45) is 1.63. The lowest BCUT2D eigenvalue weighted by Gasteiger charge is -2.35. The van der Waals surface area contributed by atoms with E-state index in [1.165, 1.54) is 5.56 Å². The van der Waals surface area contributed by atoms with Crippen LogP contribution >= 0.6 is 24.0 Å². The minimum absolute atomic E-state index is 0. The van der Waals surface area contributed by atoms with Crippen LogP contribution in [0.1, 0.15) is 45.2 Å². The predicted molar refractivity (Wildman–Crippen MR) is 130 cm³/mol. The number of rotatable bonds is 8. The number of nitrogens with one attached hydrogen (secondary N) is 1. The highest BCUT2D eigenvalue weighted by molar-refractivity contribution is 14.0. The van der Waals surface area contributed by atoms with Crippen LogP contribution in [0.25, 0.3) is 0 Å². The van der Waals surface area contributed by atoms with E-state index in [-0.39, 0.29) is 35.9 Å². The molecule has 1 saturated heterocycles. The molecule has 1 unspecified atom stereocenters. The van der Waals surface area contributed by atoms with Crippen molar-refractivity contribution in [2.24, 2.45) is 10.9 Å². The standard InChI is InChI=1S/C22H36N4O2.HI/c1-5-25(6-2)20(18-11-9-8-10-12-18)17-24-22(23-4)26-15-13-19(14-16-26)21(27)28-7-3;/h8-12,19-20H,5-7,13-17H2,1-4H3,(H,23,24);1H. The molecule has 2 rings (SSSR count). The summed E-state index contributed by atoms with van der Waals surface area (Å²) < 4.78 is 5.17. The van der Waals surface area contributed by atoms with Crippen molar-refractivity contribution in [1.82, 2.24) is 15.1 Å². The second-order valence-corrected chi connectivity index (χ2v) is 7.09. The molecule has 1 atom stereocenters. The Hall–Kier alpha value is -1.35. The molecule has 7 heteroatoms. The van der Waals surface area contributed by atoms with Crippen LogP contribution in [-0.4, -0.2) is 68.1 Å². The zero-order valence-electron chi connectivity index (χ0n) is 18.3. The van der Waals surface area contributed by atoms with Crippen LogP contribution in [0.15, 0.2) is 35.3 Å². The maximum atomic E-state index is 12.0. The van der Waals surface area contributed by atoms with Gasteiger partial charge in [0.1, 0.15) is 0 Å². The molecule has 1 aromatic rings. The highest BCUT2D eigenvalue weighted by Crippen LogP contribution is 2.21. The van der Waals surface area contributed by atoms with Gasteiger partial charge in [-0.3, -0.25) is 14.7 Å². The largest absolute Gasteiger partial charge is 0.466 e. The molecule has 0 amide bonds. The van der Waals surface area contributed by atoms with E-state index >= 15 is 0 Å². The molecular formula is C22H37IN4O2. The van der Waals surface area contributed by atoms with Crippen LogP contribution < -0.4 is 5.32 Å². The number of aliphatic imine (C=N–C) groups is 1. The third-order valence-corrected chi connectivity index (χ3v) is 5.52. The third-order valence-electron chi connectivity index (χ3n) is 5.52. The van der Waals surface area contributed by atoms with Gasteiger partial charge in [-0.25, -0.2) is 0 Å². The van der Waals surface area contributed by atoms with Gasteiger partial charge in [0.25, 0.3) is 0 Å². The first-order valence-corrected chi connectivity index (χ1v) is 10.6. The minimum Gasteiger partial charge on any atom is -0.466 e. The summed E-state index contributed by atoms with van der Waals surface area (Å²) in [5.74, 6) is 0.869. The molecule has 1 fully saturated rings. The van der Waals surface area contributed by atoms with Crippen molar-refractivity contribution in [3.05, 3.63) is 35.9 Å². The van der Waals surface area contributed by atoms with Crippen molar-refractivity contribution in [2.45, 2.75) is 39.7 Å². The maximum Gasteiger partial charge on any atom is 0.309 e. The molecule has 1 N–H and O–H groups in total. The second-order valence-electron chi connectivity index (χ2n) is 7.09. The highest BCUT2D eigenvalue weighted by atomic mass is 127. The molecule has 1 aromatic carbocycles. The highest BCUT2D eigenvalue weighted by Gasteiger charge is 2.28. The number of esters is 1. The zero-order chi connectivity index (χ0) is 20.4. The number of hydrogen-bond donors (Lipinski definition) is 1. The average molecular weight is 516 g/mol. The van der Waals surface area contributed by atoms with Gasteiger partial charge in [-0.15, -0.1) is 24.0 Å². The fraction of sp³-hybridized carbons (Fsp3) is 0.636. The summed E-state index contributed by atoms with van der Waals surface area (Å²) >= 11 is 0. The van der Waals surface area contributed by atoms with E-state index in [1.54, 1.807) is 0 Å². The summed E-state index contributed by atoms with van der Waals surface area (Å²) in [6, 6.07) is 10.9. The van der Waals surface area contributed by atoms with Gasteiger partial charge < -0.3 is 15.0 Å². The molecule has 0 radical (unpaired) electrons. The molecule has 1 heterocycles. The number of nitrogens with zero attached hydrogens (tertiary/aromatic N) is 3. The number of halogens is 1. The van der Waals surface area contributed by atoms with E-state index < -0.39 is 0 Å². The number of hydrogen-bond acceptors (Lipinski definition) is 4. The lowest BCUT2D eigenvalue weighted by Crippen LogP contribution is -2.48. The first-order valence-electron chi connectivity index (χ1n) is 10.6. The van der Waals surface area contributed by atoms with E-state index in [9.17, 15) is 4.79 Å². The lowest BCUT2D eigenvalue weighted by atomic mass is 9.97. The molecule has 1 aliphatic heterocycles. The van der Waals surface area contributed by atoms with E-state index in [1.807, 2.05) is 14.0 Å². The fourth-order valence-electron chi connectivity index (χ4n) is 3.90. The number of benzene rings is 1. The van der Waals surface area contributed by atoms with Gasteiger partial charge in [-0.2, -0.15) is 0 Å². The first kappa shape index (κ1) is 25.7. The van der Waals surface area contributed by atoms with Crippen molar-refractivity contribution in [3.8, 4) is 0 Å². The topological polar surface area (TPSA) is 57.2 Å². The zero-order valence-corrected chi connectivity index (χ0v) is 20.6. The van der Waals surface area contributed by atoms with Crippen molar-refractivity contribution in [1.29, 1.82) is 0 Å². The Bertz CT molecular complexity index is 614. The van der Waals surface area contributed by atoms with Crippen LogP contribution in [0.2, 0.25) is 0 Å². The Balaban J connectivity index is 0.00000420. The van der Waals surface area contributed by atoms with E-state index in [2.05, 4.69) is 64.3 Å². The van der Waals surface area contributed by atoms with Crippen LogP contribution in [0.4, 0.5) is 0 Å². The first-order chi connectivity index (χ1) is 13.6. The molecule has 0 spiro atoms. The smallest absolute Gasteiger partial charge is 0.309 e. The maximum absolute atomic E-state index is 12.0. The van der Waals surface area contributed by atoms with Crippen molar-refractivity contribution in [3.63, 3.8) is 0 Å². The Kier molecular flexibility index (Phi) is 12.2.